The number of hydrogen-bond acceptors (Lipinski definition) is 3. The fourth-order valence-corrected chi connectivity index (χ4v) is 4.27. The second-order valence-corrected chi connectivity index (χ2v) is 7.38. The van der Waals surface area contributed by atoms with Crippen molar-refractivity contribution in [3.8, 4) is 0 Å². The molecule has 0 aromatic heterocycles. The van der Waals surface area contributed by atoms with E-state index in [0.29, 0.717) is 24.2 Å². The summed E-state index contributed by atoms with van der Waals surface area (Å²) in [5.41, 5.74) is 1.85. The number of sulfonamides is 1. The minimum absolute atomic E-state index is 0.0698. The lowest BCUT2D eigenvalue weighted by Gasteiger charge is -2.24. The second kappa shape index (κ2) is 6.24. The molecule has 0 spiro atoms. The number of aryl methyl sites for hydroxylation is 1. The van der Waals surface area contributed by atoms with Crippen molar-refractivity contribution in [2.75, 3.05) is 16.2 Å². The maximum absolute atomic E-state index is 13.1. The summed E-state index contributed by atoms with van der Waals surface area (Å²) in [4.78, 5) is 11.6. The molecule has 0 radical (unpaired) electrons. The second-order valence-electron chi connectivity index (χ2n) is 5.51. The molecule has 0 atom stereocenters. The SMILES string of the molecule is CCN(c1ccc(F)cc1)S(=O)(=O)c1ccc2c(c1)CCC(=O)N2. The van der Waals surface area contributed by atoms with Crippen LogP contribution in [-0.2, 0) is 21.2 Å². The van der Waals surface area contributed by atoms with Gasteiger partial charge < -0.3 is 5.32 Å². The molecule has 0 fully saturated rings. The molecule has 7 heteroatoms. The minimum atomic E-state index is -3.77. The summed E-state index contributed by atoms with van der Waals surface area (Å²) in [5, 5.41) is 2.73. The fraction of sp³-hybridized carbons (Fsp3) is 0.235. The number of carbonyl (C=O) groups excluding carboxylic acids is 1. The molecule has 0 aliphatic carbocycles. The topological polar surface area (TPSA) is 66.5 Å². The third-order valence-corrected chi connectivity index (χ3v) is 5.86. The summed E-state index contributed by atoms with van der Waals surface area (Å²) in [5.74, 6) is -0.490. The average Bonchev–Trinajstić information content (AvgIpc) is 2.56. The third-order valence-electron chi connectivity index (χ3n) is 3.96. The van der Waals surface area contributed by atoms with Gasteiger partial charge in [-0.2, -0.15) is 0 Å². The Morgan fingerprint density at radius 3 is 2.50 bits per heavy atom. The quantitative estimate of drug-likeness (QED) is 0.924. The van der Waals surface area contributed by atoms with Crippen LogP contribution in [0, 0.1) is 5.82 Å². The Morgan fingerprint density at radius 1 is 1.12 bits per heavy atom. The van der Waals surface area contributed by atoms with Crippen LogP contribution in [0.25, 0.3) is 0 Å². The predicted octanol–water partition coefficient (Wildman–Crippen LogP) is 2.93. The van der Waals surface area contributed by atoms with Gasteiger partial charge in [-0.25, -0.2) is 12.8 Å². The van der Waals surface area contributed by atoms with Crippen molar-refractivity contribution in [3.05, 3.63) is 53.8 Å². The summed E-state index contributed by atoms with van der Waals surface area (Å²) in [6.07, 6.45) is 0.846. The average molecular weight is 348 g/mol. The Kier molecular flexibility index (Phi) is 4.28. The number of fused-ring (bicyclic) bond motifs is 1. The zero-order valence-electron chi connectivity index (χ0n) is 13.1. The van der Waals surface area contributed by atoms with Crippen LogP contribution in [0.2, 0.25) is 0 Å². The molecule has 2 aromatic rings. The van der Waals surface area contributed by atoms with Gasteiger partial charge in [0, 0.05) is 18.7 Å². The van der Waals surface area contributed by atoms with E-state index in [1.165, 1.54) is 34.6 Å². The summed E-state index contributed by atoms with van der Waals surface area (Å²) in [6.45, 7) is 1.95. The van der Waals surface area contributed by atoms with Gasteiger partial charge in [0.15, 0.2) is 0 Å². The summed E-state index contributed by atoms with van der Waals surface area (Å²) < 4.78 is 40.2. The van der Waals surface area contributed by atoms with Crippen molar-refractivity contribution in [1.82, 2.24) is 0 Å². The fourth-order valence-electron chi connectivity index (χ4n) is 2.75. The maximum Gasteiger partial charge on any atom is 0.264 e. The van der Waals surface area contributed by atoms with Gasteiger partial charge in [0.05, 0.1) is 10.6 Å². The van der Waals surface area contributed by atoms with Crippen LogP contribution < -0.4 is 9.62 Å². The van der Waals surface area contributed by atoms with Crippen molar-refractivity contribution in [2.24, 2.45) is 0 Å². The van der Waals surface area contributed by atoms with Crippen LogP contribution in [0.4, 0.5) is 15.8 Å². The highest BCUT2D eigenvalue weighted by Crippen LogP contribution is 2.29. The maximum atomic E-state index is 13.1. The number of nitrogens with zero attached hydrogens (tertiary/aromatic N) is 1. The van der Waals surface area contributed by atoms with Crippen molar-refractivity contribution >= 4 is 27.3 Å². The van der Waals surface area contributed by atoms with Crippen molar-refractivity contribution in [2.45, 2.75) is 24.7 Å². The Hall–Kier alpha value is -2.41. The molecule has 5 nitrogen and oxygen atoms in total. The highest BCUT2D eigenvalue weighted by atomic mass is 32.2. The van der Waals surface area contributed by atoms with E-state index in [4.69, 9.17) is 0 Å². The van der Waals surface area contributed by atoms with Gasteiger partial charge in [-0.05, 0) is 61.4 Å². The lowest BCUT2D eigenvalue weighted by molar-refractivity contribution is -0.116. The molecule has 24 heavy (non-hydrogen) atoms. The van der Waals surface area contributed by atoms with Gasteiger partial charge in [-0.1, -0.05) is 0 Å². The minimum Gasteiger partial charge on any atom is -0.326 e. The summed E-state index contributed by atoms with van der Waals surface area (Å²) in [7, 11) is -3.77. The molecule has 2 aromatic carbocycles. The van der Waals surface area contributed by atoms with Crippen molar-refractivity contribution in [3.63, 3.8) is 0 Å². The monoisotopic (exact) mass is 348 g/mol. The number of halogens is 1. The van der Waals surface area contributed by atoms with E-state index in [1.807, 2.05) is 0 Å². The first-order valence-electron chi connectivity index (χ1n) is 7.63. The first-order valence-corrected chi connectivity index (χ1v) is 9.07. The molecular formula is C17H17FN2O3S. The highest BCUT2D eigenvalue weighted by Gasteiger charge is 2.25. The normalized spacial score (nSPS) is 14.0. The van der Waals surface area contributed by atoms with Crippen LogP contribution in [0.5, 0.6) is 0 Å². The van der Waals surface area contributed by atoms with Crippen LogP contribution in [0.15, 0.2) is 47.4 Å². The molecule has 1 heterocycles. The lowest BCUT2D eigenvalue weighted by atomic mass is 10.0. The van der Waals surface area contributed by atoms with Gasteiger partial charge in [0.2, 0.25) is 5.91 Å². The van der Waals surface area contributed by atoms with E-state index >= 15 is 0 Å². The Balaban J connectivity index is 2.00. The van der Waals surface area contributed by atoms with E-state index in [0.717, 1.165) is 5.56 Å². The van der Waals surface area contributed by atoms with Gasteiger partial charge in [-0.15, -0.1) is 0 Å². The molecule has 0 unspecified atom stereocenters. The zero-order chi connectivity index (χ0) is 17.3. The third kappa shape index (κ3) is 2.99. The number of anilines is 2. The molecule has 0 saturated carbocycles. The molecule has 3 rings (SSSR count). The largest absolute Gasteiger partial charge is 0.326 e. The van der Waals surface area contributed by atoms with E-state index in [1.54, 1.807) is 19.1 Å². The van der Waals surface area contributed by atoms with E-state index < -0.39 is 15.8 Å². The molecule has 1 aliphatic rings. The molecule has 0 bridgehead atoms. The molecular weight excluding hydrogens is 331 g/mol. The number of rotatable bonds is 4. The molecule has 1 N–H and O–H groups in total. The van der Waals surface area contributed by atoms with Crippen LogP contribution in [0.1, 0.15) is 18.9 Å². The standard InChI is InChI=1S/C17H17FN2O3S/c1-2-20(14-6-4-13(18)5-7-14)24(22,23)15-8-9-16-12(11-15)3-10-17(21)19-16/h4-9,11H,2-3,10H2,1H3,(H,19,21). The molecule has 1 amide bonds. The van der Waals surface area contributed by atoms with E-state index in [2.05, 4.69) is 5.32 Å². The van der Waals surface area contributed by atoms with Gasteiger partial charge in [-0.3, -0.25) is 9.10 Å². The van der Waals surface area contributed by atoms with Crippen molar-refractivity contribution in [1.29, 1.82) is 0 Å². The van der Waals surface area contributed by atoms with E-state index in [9.17, 15) is 17.6 Å². The first-order chi connectivity index (χ1) is 11.4. The zero-order valence-corrected chi connectivity index (χ0v) is 13.9. The summed E-state index contributed by atoms with van der Waals surface area (Å²) >= 11 is 0. The smallest absolute Gasteiger partial charge is 0.264 e. The highest BCUT2D eigenvalue weighted by molar-refractivity contribution is 7.92. The molecule has 0 saturated heterocycles. The molecule has 1 aliphatic heterocycles. The first kappa shape index (κ1) is 16.4. The summed E-state index contributed by atoms with van der Waals surface area (Å²) in [6, 6.07) is 10.0. The Bertz CT molecular complexity index is 879. The number of carbonyl (C=O) groups is 1. The number of benzene rings is 2. The number of nitrogens with one attached hydrogen (secondary N) is 1. The predicted molar refractivity (Wildman–Crippen MR) is 90.0 cm³/mol. The Morgan fingerprint density at radius 2 is 1.83 bits per heavy atom. The van der Waals surface area contributed by atoms with Gasteiger partial charge >= 0.3 is 0 Å². The van der Waals surface area contributed by atoms with Gasteiger partial charge in [0.1, 0.15) is 5.82 Å². The van der Waals surface area contributed by atoms with Crippen LogP contribution in [-0.4, -0.2) is 20.9 Å². The van der Waals surface area contributed by atoms with Gasteiger partial charge in [0.25, 0.3) is 10.0 Å². The van der Waals surface area contributed by atoms with Crippen LogP contribution >= 0.6 is 0 Å². The van der Waals surface area contributed by atoms with E-state index in [-0.39, 0.29) is 17.3 Å². The molecule has 126 valence electrons. The lowest BCUT2D eigenvalue weighted by Crippen LogP contribution is -2.31. The number of amides is 1. The number of hydrogen-bond donors (Lipinski definition) is 1. The Labute approximate surface area is 140 Å². The van der Waals surface area contributed by atoms with Crippen LogP contribution in [0.3, 0.4) is 0 Å². The van der Waals surface area contributed by atoms with Crippen molar-refractivity contribution < 1.29 is 17.6 Å².